The van der Waals surface area contributed by atoms with Crippen LogP contribution in [0.15, 0.2) is 24.3 Å². The van der Waals surface area contributed by atoms with Crippen LogP contribution in [0.5, 0.6) is 0 Å². The number of nitrogens with zero attached hydrogens (tertiary/aromatic N) is 2. The standard InChI is InChI=1S/C17H18N4O3S/c22-13(18-9-14-19-11-5-1-2-6-12(11)25-14)10-21-15(23)17(20-16(21)24)7-3-4-8-17/h1-2,5-6H,3-4,7-10H2,(H,18,22)(H,20,24). The molecule has 1 spiro atoms. The minimum absolute atomic E-state index is 0.253. The number of hydrogen-bond donors (Lipinski definition) is 2. The van der Waals surface area contributed by atoms with E-state index in [1.54, 1.807) is 0 Å². The molecule has 1 aliphatic heterocycles. The predicted molar refractivity (Wildman–Crippen MR) is 92.9 cm³/mol. The lowest BCUT2D eigenvalue weighted by molar-refractivity contribution is -0.134. The summed E-state index contributed by atoms with van der Waals surface area (Å²) in [5, 5.41) is 6.31. The van der Waals surface area contributed by atoms with Crippen molar-refractivity contribution in [3.8, 4) is 0 Å². The Morgan fingerprint density at radius 1 is 1.28 bits per heavy atom. The molecule has 1 saturated carbocycles. The number of nitrogens with one attached hydrogen (secondary N) is 2. The van der Waals surface area contributed by atoms with Crippen molar-refractivity contribution < 1.29 is 14.4 Å². The summed E-state index contributed by atoms with van der Waals surface area (Å²) in [7, 11) is 0. The maximum absolute atomic E-state index is 12.5. The van der Waals surface area contributed by atoms with Crippen LogP contribution in [0.3, 0.4) is 0 Å². The molecule has 2 aliphatic rings. The van der Waals surface area contributed by atoms with Gasteiger partial charge in [-0.3, -0.25) is 14.5 Å². The molecule has 130 valence electrons. The van der Waals surface area contributed by atoms with Crippen molar-refractivity contribution in [3.05, 3.63) is 29.3 Å². The highest BCUT2D eigenvalue weighted by atomic mass is 32.1. The van der Waals surface area contributed by atoms with Crippen molar-refractivity contribution in [2.45, 2.75) is 37.8 Å². The van der Waals surface area contributed by atoms with Gasteiger partial charge in [0.25, 0.3) is 5.91 Å². The number of imide groups is 1. The highest BCUT2D eigenvalue weighted by Gasteiger charge is 2.52. The van der Waals surface area contributed by atoms with E-state index in [1.807, 2.05) is 24.3 Å². The molecule has 2 fully saturated rings. The molecule has 2 N–H and O–H groups in total. The van der Waals surface area contributed by atoms with Crippen molar-refractivity contribution in [2.75, 3.05) is 6.54 Å². The van der Waals surface area contributed by atoms with E-state index < -0.39 is 11.6 Å². The van der Waals surface area contributed by atoms with Gasteiger partial charge in [-0.2, -0.15) is 0 Å². The van der Waals surface area contributed by atoms with Crippen LogP contribution < -0.4 is 10.6 Å². The highest BCUT2D eigenvalue weighted by Crippen LogP contribution is 2.34. The number of para-hydroxylation sites is 1. The summed E-state index contributed by atoms with van der Waals surface area (Å²) in [6.07, 6.45) is 3.15. The number of aromatic nitrogens is 1. The molecule has 1 aromatic heterocycles. The molecular weight excluding hydrogens is 340 g/mol. The molecule has 1 aromatic carbocycles. The van der Waals surface area contributed by atoms with E-state index in [2.05, 4.69) is 15.6 Å². The first-order valence-corrected chi connectivity index (χ1v) is 9.14. The zero-order valence-electron chi connectivity index (χ0n) is 13.6. The molecule has 1 aliphatic carbocycles. The van der Waals surface area contributed by atoms with Crippen LogP contribution >= 0.6 is 11.3 Å². The van der Waals surface area contributed by atoms with Crippen molar-refractivity contribution >= 4 is 39.4 Å². The second-order valence-electron chi connectivity index (χ2n) is 6.46. The number of thiazole rings is 1. The minimum atomic E-state index is -0.773. The largest absolute Gasteiger partial charge is 0.348 e. The average molecular weight is 358 g/mol. The van der Waals surface area contributed by atoms with Crippen molar-refractivity contribution in [3.63, 3.8) is 0 Å². The van der Waals surface area contributed by atoms with Gasteiger partial charge in [0.2, 0.25) is 5.91 Å². The normalized spacial score (nSPS) is 19.0. The Bertz CT molecular complexity index is 823. The highest BCUT2D eigenvalue weighted by molar-refractivity contribution is 7.18. The third-order valence-electron chi connectivity index (χ3n) is 4.78. The number of fused-ring (bicyclic) bond motifs is 1. The van der Waals surface area contributed by atoms with Crippen LogP contribution in [0.4, 0.5) is 4.79 Å². The fourth-order valence-electron chi connectivity index (χ4n) is 3.51. The van der Waals surface area contributed by atoms with E-state index in [9.17, 15) is 14.4 Å². The Hall–Kier alpha value is -2.48. The molecular formula is C17H18N4O3S. The molecule has 4 rings (SSSR count). The summed E-state index contributed by atoms with van der Waals surface area (Å²) in [5.41, 5.74) is 0.124. The van der Waals surface area contributed by atoms with E-state index in [0.717, 1.165) is 33.0 Å². The summed E-state index contributed by atoms with van der Waals surface area (Å²) in [4.78, 5) is 42.2. The molecule has 0 bridgehead atoms. The van der Waals surface area contributed by atoms with Crippen molar-refractivity contribution in [1.82, 2.24) is 20.5 Å². The van der Waals surface area contributed by atoms with E-state index in [1.165, 1.54) is 11.3 Å². The smallest absolute Gasteiger partial charge is 0.325 e. The van der Waals surface area contributed by atoms with Gasteiger partial charge >= 0.3 is 6.03 Å². The van der Waals surface area contributed by atoms with Crippen LogP contribution in [-0.4, -0.2) is 39.8 Å². The summed E-state index contributed by atoms with van der Waals surface area (Å²) in [6.45, 7) is 0.0320. The fourth-order valence-corrected chi connectivity index (χ4v) is 4.41. The molecule has 1 saturated heterocycles. The third-order valence-corrected chi connectivity index (χ3v) is 5.82. The molecule has 0 atom stereocenters. The second kappa shape index (κ2) is 6.11. The summed E-state index contributed by atoms with van der Waals surface area (Å²) >= 11 is 1.51. The van der Waals surface area contributed by atoms with Crippen LogP contribution in [0.1, 0.15) is 30.7 Å². The molecule has 2 aromatic rings. The maximum atomic E-state index is 12.5. The number of carbonyl (C=O) groups is 3. The fraction of sp³-hybridized carbons (Fsp3) is 0.412. The number of urea groups is 1. The zero-order valence-corrected chi connectivity index (χ0v) is 14.4. The Morgan fingerprint density at radius 2 is 2.04 bits per heavy atom. The monoisotopic (exact) mass is 358 g/mol. The van der Waals surface area contributed by atoms with Crippen LogP contribution in [-0.2, 0) is 16.1 Å². The first kappa shape index (κ1) is 16.0. The van der Waals surface area contributed by atoms with Gasteiger partial charge in [-0.1, -0.05) is 25.0 Å². The Morgan fingerprint density at radius 3 is 2.80 bits per heavy atom. The van der Waals surface area contributed by atoms with Gasteiger partial charge < -0.3 is 10.6 Å². The summed E-state index contributed by atoms with van der Waals surface area (Å²) in [5.74, 6) is -0.636. The number of rotatable bonds is 4. The van der Waals surface area contributed by atoms with Crippen LogP contribution in [0, 0.1) is 0 Å². The lowest BCUT2D eigenvalue weighted by atomic mass is 9.98. The lowest BCUT2D eigenvalue weighted by Gasteiger charge is -2.19. The van der Waals surface area contributed by atoms with Crippen molar-refractivity contribution in [1.29, 1.82) is 0 Å². The summed E-state index contributed by atoms with van der Waals surface area (Å²) in [6, 6.07) is 7.29. The van der Waals surface area contributed by atoms with E-state index >= 15 is 0 Å². The predicted octanol–water partition coefficient (Wildman–Crippen LogP) is 1.78. The van der Waals surface area contributed by atoms with Gasteiger partial charge in [0.1, 0.15) is 17.1 Å². The Labute approximate surface area is 148 Å². The van der Waals surface area contributed by atoms with Crippen molar-refractivity contribution in [2.24, 2.45) is 0 Å². The van der Waals surface area contributed by atoms with Gasteiger partial charge in [0.15, 0.2) is 0 Å². The van der Waals surface area contributed by atoms with Gasteiger partial charge in [0, 0.05) is 0 Å². The van der Waals surface area contributed by atoms with Crippen LogP contribution in [0.25, 0.3) is 10.2 Å². The first-order chi connectivity index (χ1) is 12.1. The third kappa shape index (κ3) is 2.86. The maximum Gasteiger partial charge on any atom is 0.325 e. The lowest BCUT2D eigenvalue weighted by Crippen LogP contribution is -2.45. The number of amides is 4. The van der Waals surface area contributed by atoms with E-state index in [4.69, 9.17) is 0 Å². The number of benzene rings is 1. The molecule has 8 heteroatoms. The van der Waals surface area contributed by atoms with Gasteiger partial charge in [0.05, 0.1) is 16.8 Å². The Kier molecular flexibility index (Phi) is 3.91. The van der Waals surface area contributed by atoms with E-state index in [0.29, 0.717) is 12.8 Å². The molecule has 2 heterocycles. The second-order valence-corrected chi connectivity index (χ2v) is 7.58. The summed E-state index contributed by atoms with van der Waals surface area (Å²) < 4.78 is 1.06. The molecule has 0 radical (unpaired) electrons. The molecule has 7 nitrogen and oxygen atoms in total. The van der Waals surface area contributed by atoms with E-state index in [-0.39, 0.29) is 24.9 Å². The van der Waals surface area contributed by atoms with Crippen LogP contribution in [0.2, 0.25) is 0 Å². The SMILES string of the molecule is O=C(CN1C(=O)NC2(CCCC2)C1=O)NCc1nc2ccccc2s1. The Balaban J connectivity index is 1.37. The molecule has 4 amide bonds. The number of hydrogen-bond acceptors (Lipinski definition) is 5. The average Bonchev–Trinajstić information content (AvgIpc) is 3.28. The quantitative estimate of drug-likeness (QED) is 0.815. The van der Waals surface area contributed by atoms with Gasteiger partial charge in [-0.15, -0.1) is 11.3 Å². The number of carbonyl (C=O) groups excluding carboxylic acids is 3. The topological polar surface area (TPSA) is 91.4 Å². The molecule has 0 unspecified atom stereocenters. The zero-order chi connectivity index (χ0) is 17.4. The minimum Gasteiger partial charge on any atom is -0.348 e. The van der Waals surface area contributed by atoms with Gasteiger partial charge in [-0.05, 0) is 25.0 Å². The first-order valence-electron chi connectivity index (χ1n) is 8.33. The molecule has 25 heavy (non-hydrogen) atoms. The van der Waals surface area contributed by atoms with Gasteiger partial charge in [-0.25, -0.2) is 9.78 Å².